The van der Waals surface area contributed by atoms with E-state index in [1.165, 1.54) is 17.7 Å². The van der Waals surface area contributed by atoms with Crippen molar-refractivity contribution in [2.24, 2.45) is 0 Å². The average molecular weight is 280 g/mol. The summed E-state index contributed by atoms with van der Waals surface area (Å²) >= 11 is 1.52. The Kier molecular flexibility index (Phi) is 3.84. The molecule has 0 aliphatic carbocycles. The minimum Gasteiger partial charge on any atom is -0.461 e. The molecule has 0 aliphatic heterocycles. The highest BCUT2D eigenvalue weighted by Gasteiger charge is 2.19. The molecule has 2 rings (SSSR count). The smallest absolute Gasteiger partial charge is 0.360 e. The van der Waals surface area contributed by atoms with Gasteiger partial charge in [-0.2, -0.15) is 0 Å². The molecule has 2 N–H and O–H groups in total. The molecule has 0 saturated carbocycles. The van der Waals surface area contributed by atoms with Crippen LogP contribution in [0.3, 0.4) is 0 Å². The molecule has 0 unspecified atom stereocenters. The van der Waals surface area contributed by atoms with Gasteiger partial charge in [-0.25, -0.2) is 14.8 Å². The van der Waals surface area contributed by atoms with Gasteiger partial charge in [-0.1, -0.05) is 6.92 Å². The second kappa shape index (κ2) is 5.40. The van der Waals surface area contributed by atoms with Gasteiger partial charge in [0.2, 0.25) is 0 Å². The lowest BCUT2D eigenvalue weighted by molar-refractivity contribution is 0.0521. The number of aromatic nitrogens is 3. The zero-order valence-corrected chi connectivity index (χ0v) is 12.0. The number of carbonyl (C=O) groups is 1. The van der Waals surface area contributed by atoms with Gasteiger partial charge in [-0.3, -0.25) is 4.57 Å². The van der Waals surface area contributed by atoms with Crippen LogP contribution in [0.1, 0.15) is 34.9 Å². The van der Waals surface area contributed by atoms with Crippen molar-refractivity contribution in [3.8, 4) is 5.13 Å². The van der Waals surface area contributed by atoms with Crippen LogP contribution < -0.4 is 5.73 Å². The summed E-state index contributed by atoms with van der Waals surface area (Å²) < 4.78 is 6.51. The van der Waals surface area contributed by atoms with Crippen molar-refractivity contribution in [1.29, 1.82) is 0 Å². The van der Waals surface area contributed by atoms with Gasteiger partial charge in [-0.15, -0.1) is 11.3 Å². The molecule has 0 aromatic carbocycles. The average Bonchev–Trinajstić information content (AvgIpc) is 2.92. The van der Waals surface area contributed by atoms with E-state index in [1.807, 2.05) is 13.8 Å². The van der Waals surface area contributed by atoms with E-state index in [9.17, 15) is 4.79 Å². The second-order valence-corrected chi connectivity index (χ2v) is 5.10. The number of nitrogen functional groups attached to an aromatic ring is 1. The molecule has 0 fully saturated rings. The van der Waals surface area contributed by atoms with E-state index in [4.69, 9.17) is 10.5 Å². The normalized spacial score (nSPS) is 10.7. The van der Waals surface area contributed by atoms with E-state index in [0.717, 1.165) is 22.1 Å². The number of hydrogen-bond donors (Lipinski definition) is 1. The summed E-state index contributed by atoms with van der Waals surface area (Å²) in [6.45, 7) is 6.09. The molecular formula is C12H16N4O2S. The van der Waals surface area contributed by atoms with Crippen LogP contribution >= 0.6 is 11.3 Å². The maximum atomic E-state index is 11.6. The number of nitrogens with zero attached hydrogens (tertiary/aromatic N) is 3. The zero-order chi connectivity index (χ0) is 14.0. The number of thiazole rings is 1. The van der Waals surface area contributed by atoms with E-state index in [2.05, 4.69) is 9.97 Å². The summed E-state index contributed by atoms with van der Waals surface area (Å²) in [5, 5.41) is 0.717. The molecule has 7 heteroatoms. The molecule has 0 atom stereocenters. The lowest BCUT2D eigenvalue weighted by Crippen LogP contribution is -2.09. The molecule has 19 heavy (non-hydrogen) atoms. The summed E-state index contributed by atoms with van der Waals surface area (Å²) in [5.41, 5.74) is 7.10. The summed E-state index contributed by atoms with van der Waals surface area (Å²) in [5.74, 6) is -0.252. The van der Waals surface area contributed by atoms with Gasteiger partial charge in [0.25, 0.3) is 0 Å². The van der Waals surface area contributed by atoms with Crippen molar-refractivity contribution in [2.45, 2.75) is 27.2 Å². The number of ether oxygens (including phenoxy) is 1. The number of imidazole rings is 1. The number of nitrogens with two attached hydrogens (primary N) is 1. The molecule has 0 aliphatic rings. The SMILES string of the molecule is CCOC(=O)c1ncn(-c2nc(CC)c(C)s2)c1N. The van der Waals surface area contributed by atoms with Crippen LogP contribution in [0.5, 0.6) is 0 Å². The largest absolute Gasteiger partial charge is 0.461 e. The third kappa shape index (κ3) is 2.46. The third-order valence-electron chi connectivity index (χ3n) is 2.70. The second-order valence-electron chi connectivity index (χ2n) is 3.92. The third-order valence-corrected chi connectivity index (χ3v) is 3.71. The predicted molar refractivity (Wildman–Crippen MR) is 73.7 cm³/mol. The van der Waals surface area contributed by atoms with Gasteiger partial charge >= 0.3 is 5.97 Å². The van der Waals surface area contributed by atoms with Crippen LogP contribution in [0.25, 0.3) is 5.13 Å². The Balaban J connectivity index is 2.38. The van der Waals surface area contributed by atoms with Gasteiger partial charge in [0, 0.05) is 4.88 Å². The van der Waals surface area contributed by atoms with E-state index < -0.39 is 5.97 Å². The Morgan fingerprint density at radius 1 is 1.53 bits per heavy atom. The summed E-state index contributed by atoms with van der Waals surface area (Å²) in [4.78, 5) is 21.3. The molecule has 2 aromatic heterocycles. The molecular weight excluding hydrogens is 264 g/mol. The van der Waals surface area contributed by atoms with Crippen molar-refractivity contribution in [3.05, 3.63) is 22.6 Å². The number of anilines is 1. The predicted octanol–water partition coefficient (Wildman–Crippen LogP) is 1.96. The monoisotopic (exact) mass is 280 g/mol. The first kappa shape index (κ1) is 13.5. The fraction of sp³-hybridized carbons (Fsp3) is 0.417. The van der Waals surface area contributed by atoms with Crippen LogP contribution in [0, 0.1) is 6.92 Å². The first-order valence-corrected chi connectivity index (χ1v) is 6.86. The summed E-state index contributed by atoms with van der Waals surface area (Å²) in [6, 6.07) is 0. The molecule has 102 valence electrons. The highest BCUT2D eigenvalue weighted by Crippen LogP contribution is 2.25. The Morgan fingerprint density at radius 3 is 2.84 bits per heavy atom. The molecule has 6 nitrogen and oxygen atoms in total. The van der Waals surface area contributed by atoms with E-state index in [0.29, 0.717) is 6.61 Å². The van der Waals surface area contributed by atoms with Crippen molar-refractivity contribution in [2.75, 3.05) is 12.3 Å². The van der Waals surface area contributed by atoms with Gasteiger partial charge in [0.15, 0.2) is 10.8 Å². The quantitative estimate of drug-likeness (QED) is 0.866. The van der Waals surface area contributed by atoms with E-state index in [-0.39, 0.29) is 11.5 Å². The van der Waals surface area contributed by atoms with Crippen LogP contribution in [-0.4, -0.2) is 27.1 Å². The van der Waals surface area contributed by atoms with Crippen LogP contribution in [0.2, 0.25) is 0 Å². The fourth-order valence-electron chi connectivity index (χ4n) is 1.71. The first-order valence-electron chi connectivity index (χ1n) is 6.05. The minimum absolute atomic E-state index is 0.132. The molecule has 0 radical (unpaired) electrons. The van der Waals surface area contributed by atoms with Crippen molar-refractivity contribution in [1.82, 2.24) is 14.5 Å². The zero-order valence-electron chi connectivity index (χ0n) is 11.1. The van der Waals surface area contributed by atoms with E-state index in [1.54, 1.807) is 11.5 Å². The molecule has 0 bridgehead atoms. The summed E-state index contributed by atoms with van der Waals surface area (Å²) in [6.07, 6.45) is 2.36. The fourth-order valence-corrected chi connectivity index (χ4v) is 2.69. The Morgan fingerprint density at radius 2 is 2.26 bits per heavy atom. The van der Waals surface area contributed by atoms with Crippen molar-refractivity contribution >= 4 is 23.1 Å². The van der Waals surface area contributed by atoms with Crippen molar-refractivity contribution in [3.63, 3.8) is 0 Å². The lowest BCUT2D eigenvalue weighted by atomic mass is 10.3. The first-order chi connectivity index (χ1) is 9.08. The minimum atomic E-state index is -0.511. The highest BCUT2D eigenvalue weighted by atomic mass is 32.1. The van der Waals surface area contributed by atoms with Gasteiger partial charge in [0.05, 0.1) is 12.3 Å². The molecule has 0 spiro atoms. The maximum Gasteiger partial charge on any atom is 0.360 e. The Labute approximate surface area is 115 Å². The Hall–Kier alpha value is -1.89. The van der Waals surface area contributed by atoms with Crippen LogP contribution in [-0.2, 0) is 11.2 Å². The Bertz CT molecular complexity index is 603. The van der Waals surface area contributed by atoms with Crippen molar-refractivity contribution < 1.29 is 9.53 Å². The standard InChI is InChI=1S/C12H16N4O2S/c1-4-8-7(3)19-12(15-8)16-6-14-9(10(16)13)11(17)18-5-2/h6H,4-5,13H2,1-3H3. The number of carbonyl (C=O) groups excluding carboxylic acids is 1. The van der Waals surface area contributed by atoms with Gasteiger partial charge in [-0.05, 0) is 20.3 Å². The van der Waals surface area contributed by atoms with Gasteiger partial charge < -0.3 is 10.5 Å². The topological polar surface area (TPSA) is 83.0 Å². The maximum absolute atomic E-state index is 11.6. The highest BCUT2D eigenvalue weighted by molar-refractivity contribution is 7.14. The number of esters is 1. The molecule has 0 saturated heterocycles. The summed E-state index contributed by atoms with van der Waals surface area (Å²) in [7, 11) is 0. The molecule has 2 aromatic rings. The number of rotatable bonds is 4. The lowest BCUT2D eigenvalue weighted by Gasteiger charge is -2.01. The molecule has 2 heterocycles. The van der Waals surface area contributed by atoms with Crippen LogP contribution in [0.15, 0.2) is 6.33 Å². The van der Waals surface area contributed by atoms with E-state index >= 15 is 0 Å². The number of aryl methyl sites for hydroxylation is 2. The number of hydrogen-bond acceptors (Lipinski definition) is 6. The molecule has 0 amide bonds. The van der Waals surface area contributed by atoms with Gasteiger partial charge in [0.1, 0.15) is 12.1 Å². The van der Waals surface area contributed by atoms with Crippen LogP contribution in [0.4, 0.5) is 5.82 Å².